The second-order valence-electron chi connectivity index (χ2n) is 8.32. The van der Waals surface area contributed by atoms with Crippen LogP contribution in [0, 0.1) is 5.41 Å². The van der Waals surface area contributed by atoms with Gasteiger partial charge < -0.3 is 15.2 Å². The van der Waals surface area contributed by atoms with Gasteiger partial charge in [-0.05, 0) is 36.4 Å². The molecular formula is C22H26N4O5S. The van der Waals surface area contributed by atoms with Crippen LogP contribution in [0.3, 0.4) is 0 Å². The highest BCUT2D eigenvalue weighted by Gasteiger charge is 2.21. The maximum Gasteiger partial charge on any atom is 0.251 e. The smallest absolute Gasteiger partial charge is 0.251 e. The zero-order chi connectivity index (χ0) is 23.4. The van der Waals surface area contributed by atoms with Crippen molar-refractivity contribution in [3.05, 3.63) is 59.8 Å². The Morgan fingerprint density at radius 3 is 2.38 bits per heavy atom. The van der Waals surface area contributed by atoms with Gasteiger partial charge in [-0.3, -0.25) is 9.59 Å². The monoisotopic (exact) mass is 458 g/mol. The fourth-order valence-electron chi connectivity index (χ4n) is 2.78. The summed E-state index contributed by atoms with van der Waals surface area (Å²) in [6, 6.07) is 13.5. The van der Waals surface area contributed by atoms with Crippen molar-refractivity contribution in [2.75, 3.05) is 18.4 Å². The van der Waals surface area contributed by atoms with Crippen LogP contribution in [-0.4, -0.2) is 38.5 Å². The van der Waals surface area contributed by atoms with Crippen LogP contribution in [-0.2, 0) is 20.6 Å². The van der Waals surface area contributed by atoms with Crippen LogP contribution in [0.25, 0.3) is 11.0 Å². The first-order chi connectivity index (χ1) is 15.0. The second-order valence-corrected chi connectivity index (χ2v) is 10.1. The van der Waals surface area contributed by atoms with E-state index in [1.165, 1.54) is 0 Å². The van der Waals surface area contributed by atoms with Gasteiger partial charge >= 0.3 is 0 Å². The Morgan fingerprint density at radius 1 is 1.00 bits per heavy atom. The number of sulfonamides is 1. The van der Waals surface area contributed by atoms with Gasteiger partial charge in [0.05, 0.1) is 0 Å². The van der Waals surface area contributed by atoms with Crippen molar-refractivity contribution < 1.29 is 22.5 Å². The van der Waals surface area contributed by atoms with Crippen LogP contribution in [0.1, 0.15) is 36.8 Å². The van der Waals surface area contributed by atoms with E-state index in [-0.39, 0.29) is 30.7 Å². The minimum absolute atomic E-state index is 0.0313. The molecule has 10 heteroatoms. The molecule has 0 fully saturated rings. The summed E-state index contributed by atoms with van der Waals surface area (Å²) in [6.07, 6.45) is 0. The predicted molar refractivity (Wildman–Crippen MR) is 121 cm³/mol. The number of hydrogen-bond acceptors (Lipinski definition) is 6. The molecule has 1 aromatic heterocycles. The Morgan fingerprint density at radius 2 is 1.69 bits per heavy atom. The molecule has 0 radical (unpaired) electrons. The zero-order valence-corrected chi connectivity index (χ0v) is 19.0. The number of fused-ring (bicyclic) bond motifs is 1. The zero-order valence-electron chi connectivity index (χ0n) is 18.1. The second kappa shape index (κ2) is 9.49. The first-order valence-corrected chi connectivity index (χ1v) is 11.7. The number of benzene rings is 2. The van der Waals surface area contributed by atoms with Crippen molar-refractivity contribution in [2.45, 2.75) is 26.5 Å². The first-order valence-electron chi connectivity index (χ1n) is 10.1. The number of anilines is 1. The number of rotatable bonds is 8. The fourth-order valence-corrected chi connectivity index (χ4v) is 3.86. The van der Waals surface area contributed by atoms with Gasteiger partial charge in [-0.15, -0.1) is 0 Å². The van der Waals surface area contributed by atoms with Gasteiger partial charge in [-0.25, -0.2) is 13.1 Å². The number of carbonyl (C=O) groups is 2. The quantitative estimate of drug-likeness (QED) is 0.445. The topological polar surface area (TPSA) is 130 Å². The minimum Gasteiger partial charge on any atom is -0.356 e. The maximum absolute atomic E-state index is 12.3. The summed E-state index contributed by atoms with van der Waals surface area (Å²) in [7, 11) is -3.65. The first kappa shape index (κ1) is 23.4. The Hall–Kier alpha value is -3.24. The van der Waals surface area contributed by atoms with E-state index in [2.05, 4.69) is 20.5 Å². The lowest BCUT2D eigenvalue weighted by molar-refractivity contribution is -0.123. The van der Waals surface area contributed by atoms with Crippen molar-refractivity contribution in [1.82, 2.24) is 15.2 Å². The molecule has 2 amide bonds. The summed E-state index contributed by atoms with van der Waals surface area (Å²) in [5.41, 5.74) is 1.32. The van der Waals surface area contributed by atoms with Gasteiger partial charge in [0.2, 0.25) is 15.9 Å². The summed E-state index contributed by atoms with van der Waals surface area (Å²) in [5.74, 6) is -0.791. The Bertz CT molecular complexity index is 1210. The summed E-state index contributed by atoms with van der Waals surface area (Å²) < 4.78 is 32.2. The highest BCUT2D eigenvalue weighted by Crippen LogP contribution is 2.19. The number of hydrogen-bond donors (Lipinski definition) is 3. The number of amides is 2. The molecule has 32 heavy (non-hydrogen) atoms. The Balaban J connectivity index is 1.46. The van der Waals surface area contributed by atoms with Gasteiger partial charge in [0, 0.05) is 35.1 Å². The van der Waals surface area contributed by atoms with E-state index < -0.39 is 15.4 Å². The molecule has 3 aromatic rings. The van der Waals surface area contributed by atoms with Crippen molar-refractivity contribution in [1.29, 1.82) is 0 Å². The van der Waals surface area contributed by atoms with Crippen LogP contribution >= 0.6 is 0 Å². The molecule has 0 atom stereocenters. The maximum atomic E-state index is 12.3. The average Bonchev–Trinajstić information content (AvgIpc) is 3.13. The molecule has 0 aliphatic carbocycles. The van der Waals surface area contributed by atoms with Gasteiger partial charge in [0.15, 0.2) is 5.58 Å². The summed E-state index contributed by atoms with van der Waals surface area (Å²) in [6.45, 7) is 5.58. The van der Waals surface area contributed by atoms with Gasteiger partial charge in [-0.1, -0.05) is 38.1 Å². The molecular weight excluding hydrogens is 432 g/mol. The number of nitrogens with zero attached hydrogens (tertiary/aromatic N) is 1. The molecule has 0 unspecified atom stereocenters. The Kier molecular flexibility index (Phi) is 6.95. The average molecular weight is 459 g/mol. The van der Waals surface area contributed by atoms with E-state index in [1.54, 1.807) is 48.5 Å². The molecule has 3 N–H and O–H groups in total. The third kappa shape index (κ3) is 6.14. The standard InChI is InChI=1S/C22H26N4O5S/c1-22(2,3)21(28)25-16-10-8-15(9-11-16)20(27)23-12-13-24-32(29,30)14-18-17-6-4-5-7-19(17)31-26-18/h4-11,24H,12-14H2,1-3H3,(H,23,27)(H,25,28). The lowest BCUT2D eigenvalue weighted by Crippen LogP contribution is -2.35. The molecule has 1 heterocycles. The van der Waals surface area contributed by atoms with Crippen molar-refractivity contribution in [2.24, 2.45) is 5.41 Å². The predicted octanol–water partition coefficient (Wildman–Crippen LogP) is 2.66. The van der Waals surface area contributed by atoms with Crippen LogP contribution in [0.15, 0.2) is 53.1 Å². The normalized spacial score (nSPS) is 12.0. The van der Waals surface area contributed by atoms with Crippen LogP contribution in [0.4, 0.5) is 5.69 Å². The molecule has 0 saturated carbocycles. The lowest BCUT2D eigenvalue weighted by atomic mass is 9.95. The van der Waals surface area contributed by atoms with Gasteiger partial charge in [-0.2, -0.15) is 0 Å². The molecule has 0 spiro atoms. The van der Waals surface area contributed by atoms with Crippen LogP contribution < -0.4 is 15.4 Å². The van der Waals surface area contributed by atoms with E-state index in [1.807, 2.05) is 20.8 Å². The summed E-state index contributed by atoms with van der Waals surface area (Å²) in [5, 5.41) is 9.92. The molecule has 2 aromatic carbocycles. The summed E-state index contributed by atoms with van der Waals surface area (Å²) in [4.78, 5) is 24.3. The number of nitrogens with one attached hydrogen (secondary N) is 3. The third-order valence-corrected chi connectivity index (χ3v) is 5.89. The molecule has 0 bridgehead atoms. The number of aromatic nitrogens is 1. The Labute approximate surface area is 186 Å². The van der Waals surface area contributed by atoms with Gasteiger partial charge in [0.1, 0.15) is 11.4 Å². The largest absolute Gasteiger partial charge is 0.356 e. The van der Waals surface area contributed by atoms with Crippen LogP contribution in [0.2, 0.25) is 0 Å². The van der Waals surface area contributed by atoms with Crippen molar-refractivity contribution >= 4 is 38.5 Å². The van der Waals surface area contributed by atoms with E-state index in [0.717, 1.165) is 0 Å². The number of para-hydroxylation sites is 1. The molecule has 0 saturated heterocycles. The van der Waals surface area contributed by atoms with E-state index >= 15 is 0 Å². The lowest BCUT2D eigenvalue weighted by Gasteiger charge is -2.17. The van der Waals surface area contributed by atoms with Crippen LogP contribution in [0.5, 0.6) is 0 Å². The number of carbonyl (C=O) groups excluding carboxylic acids is 2. The third-order valence-electron chi connectivity index (χ3n) is 4.60. The molecule has 9 nitrogen and oxygen atoms in total. The van der Waals surface area contributed by atoms with Crippen molar-refractivity contribution in [3.63, 3.8) is 0 Å². The summed E-state index contributed by atoms with van der Waals surface area (Å²) >= 11 is 0. The molecule has 0 aliphatic rings. The molecule has 3 rings (SSSR count). The van der Waals surface area contributed by atoms with E-state index in [0.29, 0.717) is 27.9 Å². The highest BCUT2D eigenvalue weighted by atomic mass is 32.2. The van der Waals surface area contributed by atoms with Crippen molar-refractivity contribution in [3.8, 4) is 0 Å². The van der Waals surface area contributed by atoms with E-state index in [9.17, 15) is 18.0 Å². The minimum atomic E-state index is -3.65. The molecule has 170 valence electrons. The fraction of sp³-hybridized carbons (Fsp3) is 0.318. The van der Waals surface area contributed by atoms with Gasteiger partial charge in [0.25, 0.3) is 5.91 Å². The van der Waals surface area contributed by atoms with E-state index in [4.69, 9.17) is 4.52 Å². The highest BCUT2D eigenvalue weighted by molar-refractivity contribution is 7.88. The SMILES string of the molecule is CC(C)(C)C(=O)Nc1ccc(C(=O)NCCNS(=O)(=O)Cc2noc3ccccc23)cc1. The molecule has 0 aliphatic heterocycles.